The van der Waals surface area contributed by atoms with Crippen molar-refractivity contribution >= 4 is 23.5 Å². The zero-order chi connectivity index (χ0) is 10.9. The first kappa shape index (κ1) is 13.0. The maximum absolute atomic E-state index is 2.23. The first-order chi connectivity index (χ1) is 7.33. The second-order valence-electron chi connectivity index (χ2n) is 3.57. The van der Waals surface area contributed by atoms with Gasteiger partial charge in [0, 0.05) is 4.90 Å². The van der Waals surface area contributed by atoms with Gasteiger partial charge in [-0.25, -0.2) is 0 Å². The minimum Gasteiger partial charge on any atom is -0.162 e. The van der Waals surface area contributed by atoms with Crippen molar-refractivity contribution in [1.82, 2.24) is 0 Å². The minimum atomic E-state index is 1.26. The minimum absolute atomic E-state index is 1.26. The molecular weight excluding hydrogens is 220 g/mol. The van der Waals surface area contributed by atoms with Gasteiger partial charge in [-0.3, -0.25) is 0 Å². The van der Waals surface area contributed by atoms with Gasteiger partial charge in [-0.05, 0) is 49.2 Å². The summed E-state index contributed by atoms with van der Waals surface area (Å²) in [6.45, 7) is 4.36. The summed E-state index contributed by atoms with van der Waals surface area (Å²) in [5, 5.41) is 0. The number of thioether (sulfide) groups is 2. The number of aryl methyl sites for hydroxylation is 1. The van der Waals surface area contributed by atoms with Crippen molar-refractivity contribution in [3.05, 3.63) is 29.8 Å². The Labute approximate surface area is 102 Å². The number of benzene rings is 1. The smallest absolute Gasteiger partial charge is 0.00721 e. The van der Waals surface area contributed by atoms with Crippen LogP contribution in [0.3, 0.4) is 0 Å². The second kappa shape index (κ2) is 8.12. The van der Waals surface area contributed by atoms with E-state index in [9.17, 15) is 0 Å². The highest BCUT2D eigenvalue weighted by molar-refractivity contribution is 7.99. The molecule has 0 unspecified atom stereocenters. The lowest BCUT2D eigenvalue weighted by atomic mass is 10.2. The van der Waals surface area contributed by atoms with E-state index in [4.69, 9.17) is 0 Å². The first-order valence-electron chi connectivity index (χ1n) is 5.60. The molecule has 0 atom stereocenters. The Bertz CT molecular complexity index is 254. The summed E-state index contributed by atoms with van der Waals surface area (Å²) in [6, 6.07) is 8.83. The fourth-order valence-electron chi connectivity index (χ4n) is 1.28. The van der Waals surface area contributed by atoms with E-state index in [-0.39, 0.29) is 0 Å². The normalized spacial score (nSPS) is 10.5. The van der Waals surface area contributed by atoms with Crippen molar-refractivity contribution in [3.63, 3.8) is 0 Å². The van der Waals surface area contributed by atoms with Crippen LogP contribution >= 0.6 is 23.5 Å². The standard InChI is InChI=1S/C13H20S2/c1-3-14-10-4-5-11-15-13-8-6-12(2)7-9-13/h6-9H,3-5,10-11H2,1-2H3. The third-order valence-electron chi connectivity index (χ3n) is 2.18. The number of rotatable bonds is 7. The lowest BCUT2D eigenvalue weighted by Gasteiger charge is -2.02. The van der Waals surface area contributed by atoms with Crippen LogP contribution < -0.4 is 0 Å². The summed E-state index contributed by atoms with van der Waals surface area (Å²) in [5.74, 6) is 3.84. The molecule has 0 bridgehead atoms. The highest BCUT2D eigenvalue weighted by Gasteiger charge is 1.94. The molecule has 0 nitrogen and oxygen atoms in total. The van der Waals surface area contributed by atoms with Gasteiger partial charge in [0.25, 0.3) is 0 Å². The topological polar surface area (TPSA) is 0 Å². The van der Waals surface area contributed by atoms with Crippen molar-refractivity contribution in [1.29, 1.82) is 0 Å². The fraction of sp³-hybridized carbons (Fsp3) is 0.538. The highest BCUT2D eigenvalue weighted by atomic mass is 32.2. The molecule has 1 aromatic rings. The lowest BCUT2D eigenvalue weighted by molar-refractivity contribution is 0.907. The summed E-state index contributed by atoms with van der Waals surface area (Å²) < 4.78 is 0. The van der Waals surface area contributed by atoms with E-state index in [1.165, 1.54) is 40.6 Å². The predicted molar refractivity (Wildman–Crippen MR) is 74.1 cm³/mol. The Kier molecular flexibility index (Phi) is 7.03. The van der Waals surface area contributed by atoms with Gasteiger partial charge < -0.3 is 0 Å². The van der Waals surface area contributed by atoms with E-state index >= 15 is 0 Å². The Morgan fingerprint density at radius 2 is 1.67 bits per heavy atom. The van der Waals surface area contributed by atoms with E-state index in [2.05, 4.69) is 38.1 Å². The van der Waals surface area contributed by atoms with Crippen LogP contribution in [0.15, 0.2) is 29.2 Å². The van der Waals surface area contributed by atoms with Crippen molar-refractivity contribution in [2.45, 2.75) is 31.6 Å². The molecule has 0 N–H and O–H groups in total. The Balaban J connectivity index is 2.07. The molecule has 0 saturated carbocycles. The van der Waals surface area contributed by atoms with Gasteiger partial charge in [0.05, 0.1) is 0 Å². The van der Waals surface area contributed by atoms with Gasteiger partial charge in [0.2, 0.25) is 0 Å². The van der Waals surface area contributed by atoms with Gasteiger partial charge in [0.15, 0.2) is 0 Å². The maximum atomic E-state index is 2.23. The molecule has 1 aromatic carbocycles. The maximum Gasteiger partial charge on any atom is 0.00721 e. The van der Waals surface area contributed by atoms with Crippen molar-refractivity contribution < 1.29 is 0 Å². The number of hydrogen-bond donors (Lipinski definition) is 0. The van der Waals surface area contributed by atoms with Crippen molar-refractivity contribution in [3.8, 4) is 0 Å². The van der Waals surface area contributed by atoms with Crippen molar-refractivity contribution in [2.24, 2.45) is 0 Å². The molecule has 0 aliphatic rings. The quantitative estimate of drug-likeness (QED) is 0.504. The summed E-state index contributed by atoms with van der Waals surface area (Å²) in [6.07, 6.45) is 2.70. The molecule has 15 heavy (non-hydrogen) atoms. The molecule has 0 fully saturated rings. The molecule has 1 rings (SSSR count). The molecule has 2 heteroatoms. The molecule has 0 amide bonds. The van der Waals surface area contributed by atoms with E-state index in [0.29, 0.717) is 0 Å². The largest absolute Gasteiger partial charge is 0.162 e. The SMILES string of the molecule is CCSCCCCSc1ccc(C)cc1. The third kappa shape index (κ3) is 6.16. The van der Waals surface area contributed by atoms with Gasteiger partial charge in [0.1, 0.15) is 0 Å². The van der Waals surface area contributed by atoms with Crippen LogP contribution in [0.2, 0.25) is 0 Å². The van der Waals surface area contributed by atoms with Gasteiger partial charge in [-0.1, -0.05) is 24.6 Å². The molecule has 0 aliphatic heterocycles. The zero-order valence-corrected chi connectivity index (χ0v) is 11.3. The second-order valence-corrected chi connectivity index (χ2v) is 6.13. The Hall–Kier alpha value is -0.0800. The molecule has 84 valence electrons. The molecule has 0 aromatic heterocycles. The Morgan fingerprint density at radius 3 is 2.33 bits per heavy atom. The third-order valence-corrected chi connectivity index (χ3v) is 4.26. The zero-order valence-electron chi connectivity index (χ0n) is 9.66. The first-order valence-corrected chi connectivity index (χ1v) is 7.74. The van der Waals surface area contributed by atoms with Gasteiger partial charge in [-0.2, -0.15) is 11.8 Å². The van der Waals surface area contributed by atoms with Crippen LogP contribution in [-0.2, 0) is 0 Å². The van der Waals surface area contributed by atoms with Gasteiger partial charge in [-0.15, -0.1) is 11.8 Å². The van der Waals surface area contributed by atoms with Crippen LogP contribution in [0.25, 0.3) is 0 Å². The highest BCUT2D eigenvalue weighted by Crippen LogP contribution is 2.19. The number of hydrogen-bond acceptors (Lipinski definition) is 2. The summed E-state index contributed by atoms with van der Waals surface area (Å²) in [7, 11) is 0. The fourth-order valence-corrected chi connectivity index (χ4v) is 2.88. The summed E-state index contributed by atoms with van der Waals surface area (Å²) in [4.78, 5) is 1.41. The van der Waals surface area contributed by atoms with Gasteiger partial charge >= 0.3 is 0 Å². The molecule has 0 aliphatic carbocycles. The molecule has 0 saturated heterocycles. The monoisotopic (exact) mass is 240 g/mol. The van der Waals surface area contributed by atoms with E-state index in [0.717, 1.165) is 0 Å². The van der Waals surface area contributed by atoms with Crippen LogP contribution in [0.4, 0.5) is 0 Å². The predicted octanol–water partition coefficient (Wildman–Crippen LogP) is 4.62. The average Bonchev–Trinajstić information content (AvgIpc) is 2.26. The van der Waals surface area contributed by atoms with Crippen molar-refractivity contribution in [2.75, 3.05) is 17.3 Å². The lowest BCUT2D eigenvalue weighted by Crippen LogP contribution is -1.84. The molecule has 0 heterocycles. The number of unbranched alkanes of at least 4 members (excludes halogenated alkanes) is 1. The van der Waals surface area contributed by atoms with Crippen LogP contribution in [-0.4, -0.2) is 17.3 Å². The molecule has 0 radical (unpaired) electrons. The summed E-state index contributed by atoms with van der Waals surface area (Å²) >= 11 is 4.02. The van der Waals surface area contributed by atoms with E-state index < -0.39 is 0 Å². The molecule has 0 spiro atoms. The van der Waals surface area contributed by atoms with Crippen LogP contribution in [0, 0.1) is 6.92 Å². The van der Waals surface area contributed by atoms with Crippen LogP contribution in [0.5, 0.6) is 0 Å². The van der Waals surface area contributed by atoms with E-state index in [1.807, 2.05) is 23.5 Å². The average molecular weight is 240 g/mol. The van der Waals surface area contributed by atoms with E-state index in [1.54, 1.807) is 0 Å². The summed E-state index contributed by atoms with van der Waals surface area (Å²) in [5.41, 5.74) is 1.35. The Morgan fingerprint density at radius 1 is 1.00 bits per heavy atom. The van der Waals surface area contributed by atoms with Crippen LogP contribution in [0.1, 0.15) is 25.3 Å². The molecular formula is C13H20S2.